The lowest BCUT2D eigenvalue weighted by Gasteiger charge is -2.20. The molecule has 1 aromatic carbocycles. The van der Waals surface area contributed by atoms with Crippen molar-refractivity contribution in [1.82, 2.24) is 14.9 Å². The molecule has 3 rings (SSSR count). The zero-order valence-corrected chi connectivity index (χ0v) is 15.5. The fourth-order valence-electron chi connectivity index (χ4n) is 2.96. The molecule has 0 unspecified atom stereocenters. The van der Waals surface area contributed by atoms with Crippen LogP contribution in [0.2, 0.25) is 0 Å². The van der Waals surface area contributed by atoms with Gasteiger partial charge in [-0.2, -0.15) is 13.2 Å². The molecule has 0 radical (unpaired) electrons. The molecular weight excluding hydrogens is 411 g/mol. The molecule has 160 valence electrons. The SMILES string of the molecule is C=C(F)C(=O)N1C[C@@H](Nc2ncc(F)cn2)[C@H](OCc2ccc(C(F)(F)F)cc2)C1. The highest BCUT2D eigenvalue weighted by Gasteiger charge is 2.37. The van der Waals surface area contributed by atoms with Gasteiger partial charge in [0.1, 0.15) is 0 Å². The molecule has 30 heavy (non-hydrogen) atoms. The van der Waals surface area contributed by atoms with E-state index >= 15 is 0 Å². The molecule has 11 heteroatoms. The summed E-state index contributed by atoms with van der Waals surface area (Å²) in [4.78, 5) is 20.7. The standard InChI is InChI=1S/C19H17F5N4O2/c1-11(20)17(29)28-8-15(27-18-25-6-14(21)7-26-18)16(9-28)30-10-12-2-4-13(5-3-12)19(22,23)24/h2-7,15-16H,1,8-10H2,(H,25,26,27)/t15-,16-/m1/s1. The van der Waals surface area contributed by atoms with E-state index in [2.05, 4.69) is 21.9 Å². The van der Waals surface area contributed by atoms with Gasteiger partial charge in [-0.15, -0.1) is 0 Å². The number of ether oxygens (including phenoxy) is 1. The molecular formula is C19H17F5N4O2. The van der Waals surface area contributed by atoms with Gasteiger partial charge in [-0.3, -0.25) is 4.79 Å². The summed E-state index contributed by atoms with van der Waals surface area (Å²) in [5.41, 5.74) is -0.294. The zero-order chi connectivity index (χ0) is 21.9. The lowest BCUT2D eigenvalue weighted by atomic mass is 10.1. The minimum absolute atomic E-state index is 0.0151. The van der Waals surface area contributed by atoms with Gasteiger partial charge in [-0.05, 0) is 17.7 Å². The number of aromatic nitrogens is 2. The van der Waals surface area contributed by atoms with Crippen molar-refractivity contribution in [2.45, 2.75) is 24.9 Å². The summed E-state index contributed by atoms with van der Waals surface area (Å²) in [5.74, 6) is -2.58. The Morgan fingerprint density at radius 3 is 2.40 bits per heavy atom. The van der Waals surface area contributed by atoms with Gasteiger partial charge < -0.3 is 15.0 Å². The van der Waals surface area contributed by atoms with Gasteiger partial charge in [0.25, 0.3) is 5.91 Å². The molecule has 2 atom stereocenters. The van der Waals surface area contributed by atoms with E-state index in [4.69, 9.17) is 4.74 Å². The monoisotopic (exact) mass is 428 g/mol. The Morgan fingerprint density at radius 2 is 1.83 bits per heavy atom. The van der Waals surface area contributed by atoms with Gasteiger partial charge in [-0.25, -0.2) is 18.7 Å². The first-order valence-electron chi connectivity index (χ1n) is 8.79. The highest BCUT2D eigenvalue weighted by atomic mass is 19.4. The van der Waals surface area contributed by atoms with E-state index in [-0.39, 0.29) is 25.6 Å². The maximum atomic E-state index is 13.3. The number of benzene rings is 1. The molecule has 1 saturated heterocycles. The number of carbonyl (C=O) groups excluding carboxylic acids is 1. The molecule has 1 amide bonds. The Balaban J connectivity index is 1.69. The van der Waals surface area contributed by atoms with E-state index < -0.39 is 41.4 Å². The van der Waals surface area contributed by atoms with Crippen LogP contribution in [0.3, 0.4) is 0 Å². The second-order valence-corrected chi connectivity index (χ2v) is 6.63. The van der Waals surface area contributed by atoms with Crippen molar-refractivity contribution in [3.05, 3.63) is 66.0 Å². The Labute approximate surface area is 168 Å². The molecule has 1 aliphatic heterocycles. The van der Waals surface area contributed by atoms with E-state index in [1.807, 2.05) is 0 Å². The first kappa shape index (κ1) is 21.6. The van der Waals surface area contributed by atoms with E-state index in [0.717, 1.165) is 24.5 Å². The Kier molecular flexibility index (Phi) is 6.30. The maximum Gasteiger partial charge on any atom is 0.416 e. The van der Waals surface area contributed by atoms with Crippen molar-refractivity contribution in [1.29, 1.82) is 0 Å². The van der Waals surface area contributed by atoms with Gasteiger partial charge in [0.05, 0.1) is 36.7 Å². The largest absolute Gasteiger partial charge is 0.416 e. The number of likely N-dealkylation sites (tertiary alicyclic amines) is 1. The smallest absolute Gasteiger partial charge is 0.369 e. The Hall–Kier alpha value is -3.08. The first-order chi connectivity index (χ1) is 14.1. The van der Waals surface area contributed by atoms with Crippen molar-refractivity contribution < 1.29 is 31.5 Å². The fourth-order valence-corrected chi connectivity index (χ4v) is 2.96. The normalized spacial score (nSPS) is 19.0. The predicted octanol–water partition coefficient (Wildman–Crippen LogP) is 3.33. The first-order valence-corrected chi connectivity index (χ1v) is 8.79. The quantitative estimate of drug-likeness (QED) is 0.565. The van der Waals surface area contributed by atoms with E-state index in [9.17, 15) is 26.7 Å². The van der Waals surface area contributed by atoms with E-state index in [1.54, 1.807) is 0 Å². The third-order valence-corrected chi connectivity index (χ3v) is 4.47. The van der Waals surface area contributed by atoms with E-state index in [0.29, 0.717) is 5.56 Å². The van der Waals surface area contributed by atoms with Crippen molar-refractivity contribution in [3.63, 3.8) is 0 Å². The average Bonchev–Trinajstić information content (AvgIpc) is 3.09. The maximum absolute atomic E-state index is 13.3. The third-order valence-electron chi connectivity index (χ3n) is 4.47. The topological polar surface area (TPSA) is 67.4 Å². The molecule has 2 heterocycles. The predicted molar refractivity (Wildman–Crippen MR) is 96.2 cm³/mol. The summed E-state index contributed by atoms with van der Waals surface area (Å²) in [7, 11) is 0. The number of carbonyl (C=O) groups is 1. The number of rotatable bonds is 6. The van der Waals surface area contributed by atoms with Gasteiger partial charge in [0.15, 0.2) is 11.6 Å². The van der Waals surface area contributed by atoms with Crippen LogP contribution in [-0.2, 0) is 22.3 Å². The highest BCUT2D eigenvalue weighted by Crippen LogP contribution is 2.29. The van der Waals surface area contributed by atoms with Crippen LogP contribution in [0, 0.1) is 5.82 Å². The summed E-state index contributed by atoms with van der Waals surface area (Å²) in [6.45, 7) is 3.01. The lowest BCUT2D eigenvalue weighted by Crippen LogP contribution is -2.35. The van der Waals surface area contributed by atoms with Gasteiger partial charge in [0.2, 0.25) is 5.95 Å². The van der Waals surface area contributed by atoms with Crippen molar-refractivity contribution in [2.75, 3.05) is 18.4 Å². The van der Waals surface area contributed by atoms with Crippen LogP contribution in [0.15, 0.2) is 49.1 Å². The van der Waals surface area contributed by atoms with Crippen LogP contribution >= 0.6 is 0 Å². The molecule has 1 aromatic heterocycles. The summed E-state index contributed by atoms with van der Waals surface area (Å²) in [6, 6.07) is 3.90. The summed E-state index contributed by atoms with van der Waals surface area (Å²) >= 11 is 0. The summed E-state index contributed by atoms with van der Waals surface area (Å²) in [5, 5.41) is 2.90. The average molecular weight is 428 g/mol. The number of nitrogens with one attached hydrogen (secondary N) is 1. The van der Waals surface area contributed by atoms with Crippen LogP contribution in [0.1, 0.15) is 11.1 Å². The molecule has 0 aliphatic carbocycles. The van der Waals surface area contributed by atoms with Crippen molar-refractivity contribution in [3.8, 4) is 0 Å². The van der Waals surface area contributed by atoms with Crippen molar-refractivity contribution in [2.24, 2.45) is 0 Å². The molecule has 1 N–H and O–H groups in total. The van der Waals surface area contributed by atoms with Crippen molar-refractivity contribution >= 4 is 11.9 Å². The number of nitrogens with zero attached hydrogens (tertiary/aromatic N) is 3. The zero-order valence-electron chi connectivity index (χ0n) is 15.5. The second-order valence-electron chi connectivity index (χ2n) is 6.63. The number of halogens is 5. The summed E-state index contributed by atoms with van der Waals surface area (Å²) < 4.78 is 70.0. The van der Waals surface area contributed by atoms with Crippen LogP contribution in [0.25, 0.3) is 0 Å². The summed E-state index contributed by atoms with van der Waals surface area (Å²) in [6.07, 6.45) is -3.18. The molecule has 0 saturated carbocycles. The number of alkyl halides is 3. The van der Waals surface area contributed by atoms with Gasteiger partial charge in [0, 0.05) is 13.1 Å². The fraction of sp³-hybridized carbons (Fsp3) is 0.316. The number of anilines is 1. The Morgan fingerprint density at radius 1 is 1.20 bits per heavy atom. The molecule has 6 nitrogen and oxygen atoms in total. The van der Waals surface area contributed by atoms with Gasteiger partial charge >= 0.3 is 6.18 Å². The highest BCUT2D eigenvalue weighted by molar-refractivity contribution is 5.90. The van der Waals surface area contributed by atoms with Gasteiger partial charge in [-0.1, -0.05) is 18.7 Å². The van der Waals surface area contributed by atoms with Crippen LogP contribution in [-0.4, -0.2) is 46.0 Å². The molecule has 0 bridgehead atoms. The minimum atomic E-state index is -4.44. The molecule has 1 aliphatic rings. The lowest BCUT2D eigenvalue weighted by molar-refractivity contribution is -0.137. The van der Waals surface area contributed by atoms with Crippen LogP contribution in [0.5, 0.6) is 0 Å². The number of hydrogen-bond acceptors (Lipinski definition) is 5. The molecule has 2 aromatic rings. The Bertz CT molecular complexity index is 903. The van der Waals surface area contributed by atoms with E-state index in [1.165, 1.54) is 17.0 Å². The molecule has 1 fully saturated rings. The minimum Gasteiger partial charge on any atom is -0.369 e. The van der Waals surface area contributed by atoms with Crippen LogP contribution in [0.4, 0.5) is 27.9 Å². The third kappa shape index (κ3) is 5.29. The molecule has 0 spiro atoms. The second kappa shape index (κ2) is 8.74. The van der Waals surface area contributed by atoms with Crippen LogP contribution < -0.4 is 5.32 Å². The number of amides is 1. The number of hydrogen-bond donors (Lipinski definition) is 1.